The first-order valence-corrected chi connectivity index (χ1v) is 11.2. The SMILES string of the molecule is Clc1cc(-c2nn(-c3ccccc3)c3c2cnc2ccccc23)ccc1N1CCNCC1. The second-order valence-electron chi connectivity index (χ2n) is 8.04. The van der Waals surface area contributed by atoms with Crippen molar-refractivity contribution in [1.29, 1.82) is 0 Å². The molecule has 1 aliphatic heterocycles. The summed E-state index contributed by atoms with van der Waals surface area (Å²) in [6.45, 7) is 3.87. The highest BCUT2D eigenvalue weighted by Gasteiger charge is 2.19. The molecule has 6 rings (SSSR count). The van der Waals surface area contributed by atoms with Gasteiger partial charge in [0.15, 0.2) is 0 Å². The predicted octanol–water partition coefficient (Wildman–Crippen LogP) is 5.30. The third-order valence-electron chi connectivity index (χ3n) is 6.09. The van der Waals surface area contributed by atoms with Gasteiger partial charge in [0.05, 0.1) is 27.4 Å². The van der Waals surface area contributed by atoms with E-state index in [9.17, 15) is 0 Å². The van der Waals surface area contributed by atoms with Gasteiger partial charge in [0.1, 0.15) is 5.69 Å². The lowest BCUT2D eigenvalue weighted by molar-refractivity contribution is 0.589. The predicted molar refractivity (Wildman–Crippen MR) is 132 cm³/mol. The van der Waals surface area contributed by atoms with Gasteiger partial charge in [-0.15, -0.1) is 0 Å². The molecule has 0 radical (unpaired) electrons. The lowest BCUT2D eigenvalue weighted by Gasteiger charge is -2.30. The van der Waals surface area contributed by atoms with Crippen LogP contribution in [0.1, 0.15) is 0 Å². The lowest BCUT2D eigenvalue weighted by atomic mass is 10.1. The van der Waals surface area contributed by atoms with Gasteiger partial charge in [-0.3, -0.25) is 4.98 Å². The summed E-state index contributed by atoms with van der Waals surface area (Å²) in [5, 5.41) is 11.3. The normalized spacial score (nSPS) is 14.3. The van der Waals surface area contributed by atoms with Crippen LogP contribution in [0.2, 0.25) is 5.02 Å². The number of fused-ring (bicyclic) bond motifs is 3. The van der Waals surface area contributed by atoms with Crippen molar-refractivity contribution in [3.63, 3.8) is 0 Å². The second kappa shape index (κ2) is 7.93. The number of hydrogen-bond donors (Lipinski definition) is 1. The highest BCUT2D eigenvalue weighted by atomic mass is 35.5. The number of hydrogen-bond acceptors (Lipinski definition) is 4. The van der Waals surface area contributed by atoms with E-state index in [1.54, 1.807) is 0 Å². The van der Waals surface area contributed by atoms with Crippen LogP contribution in [0, 0.1) is 0 Å². The number of nitrogens with one attached hydrogen (secondary N) is 1. The Hall–Kier alpha value is -3.41. The molecule has 32 heavy (non-hydrogen) atoms. The van der Waals surface area contributed by atoms with Crippen molar-refractivity contribution in [2.45, 2.75) is 0 Å². The Morgan fingerprint density at radius 1 is 0.844 bits per heavy atom. The standard InChI is InChI=1S/C26H22ClN5/c27-22-16-18(10-11-24(22)31-14-12-28-13-15-31)25-21-17-29-23-9-5-4-8-20(23)26(21)32(30-25)19-6-2-1-3-7-19/h1-11,16-17,28H,12-15H2. The molecule has 1 fully saturated rings. The first-order chi connectivity index (χ1) is 15.8. The summed E-state index contributed by atoms with van der Waals surface area (Å²) in [6.07, 6.45) is 1.93. The zero-order valence-corrected chi connectivity index (χ0v) is 18.3. The zero-order chi connectivity index (χ0) is 21.5. The number of para-hydroxylation sites is 2. The van der Waals surface area contributed by atoms with Gasteiger partial charge in [-0.2, -0.15) is 5.10 Å². The van der Waals surface area contributed by atoms with Gasteiger partial charge < -0.3 is 10.2 Å². The maximum absolute atomic E-state index is 6.77. The molecule has 5 nitrogen and oxygen atoms in total. The van der Waals surface area contributed by atoms with Crippen LogP contribution in [-0.2, 0) is 0 Å². The molecule has 0 saturated carbocycles. The fourth-order valence-corrected chi connectivity index (χ4v) is 4.82. The first-order valence-electron chi connectivity index (χ1n) is 10.9. The summed E-state index contributed by atoms with van der Waals surface area (Å²) in [7, 11) is 0. The van der Waals surface area contributed by atoms with Crippen LogP contribution in [0.3, 0.4) is 0 Å². The minimum absolute atomic E-state index is 0.751. The highest BCUT2D eigenvalue weighted by molar-refractivity contribution is 6.33. The molecule has 158 valence electrons. The number of benzene rings is 3. The van der Waals surface area contributed by atoms with E-state index < -0.39 is 0 Å². The van der Waals surface area contributed by atoms with Gasteiger partial charge >= 0.3 is 0 Å². The Bertz CT molecular complexity index is 1420. The molecule has 1 saturated heterocycles. The van der Waals surface area contributed by atoms with Crippen molar-refractivity contribution in [2.24, 2.45) is 0 Å². The zero-order valence-electron chi connectivity index (χ0n) is 17.5. The summed E-state index contributed by atoms with van der Waals surface area (Å²) in [4.78, 5) is 7.05. The molecule has 6 heteroatoms. The molecule has 3 aromatic carbocycles. The highest BCUT2D eigenvalue weighted by Crippen LogP contribution is 2.36. The van der Waals surface area contributed by atoms with Crippen LogP contribution in [0.15, 0.2) is 79.0 Å². The second-order valence-corrected chi connectivity index (χ2v) is 8.44. The number of anilines is 1. The Morgan fingerprint density at radius 2 is 1.62 bits per heavy atom. The third kappa shape index (κ3) is 3.22. The van der Waals surface area contributed by atoms with Crippen molar-refractivity contribution >= 4 is 39.1 Å². The smallest absolute Gasteiger partial charge is 0.102 e. The molecular weight excluding hydrogens is 418 g/mol. The first kappa shape index (κ1) is 19.3. The number of aromatic nitrogens is 3. The number of halogens is 1. The number of pyridine rings is 1. The van der Waals surface area contributed by atoms with Crippen molar-refractivity contribution in [2.75, 3.05) is 31.1 Å². The van der Waals surface area contributed by atoms with Gasteiger partial charge in [0.2, 0.25) is 0 Å². The largest absolute Gasteiger partial charge is 0.368 e. The van der Waals surface area contributed by atoms with E-state index in [1.165, 1.54) is 0 Å². The van der Waals surface area contributed by atoms with E-state index >= 15 is 0 Å². The summed E-state index contributed by atoms with van der Waals surface area (Å²) < 4.78 is 2.02. The summed E-state index contributed by atoms with van der Waals surface area (Å²) >= 11 is 6.77. The number of piperazine rings is 1. The van der Waals surface area contributed by atoms with E-state index in [4.69, 9.17) is 21.7 Å². The van der Waals surface area contributed by atoms with E-state index in [0.717, 1.165) is 75.6 Å². The molecule has 0 unspecified atom stereocenters. The monoisotopic (exact) mass is 439 g/mol. The maximum atomic E-state index is 6.77. The topological polar surface area (TPSA) is 46.0 Å². The van der Waals surface area contributed by atoms with E-state index in [2.05, 4.69) is 40.5 Å². The van der Waals surface area contributed by atoms with Crippen molar-refractivity contribution in [3.8, 4) is 16.9 Å². The Morgan fingerprint density at radius 3 is 2.44 bits per heavy atom. The average molecular weight is 440 g/mol. The van der Waals surface area contributed by atoms with Crippen LogP contribution >= 0.6 is 11.6 Å². The van der Waals surface area contributed by atoms with Crippen molar-refractivity contribution in [1.82, 2.24) is 20.1 Å². The molecule has 0 atom stereocenters. The summed E-state index contributed by atoms with van der Waals surface area (Å²) in [6, 6.07) is 24.7. The molecular formula is C26H22ClN5. The van der Waals surface area contributed by atoms with Crippen LogP contribution in [0.5, 0.6) is 0 Å². The minimum atomic E-state index is 0.751. The molecule has 0 aliphatic carbocycles. The fourth-order valence-electron chi connectivity index (χ4n) is 4.52. The van der Waals surface area contributed by atoms with Gasteiger partial charge in [0.25, 0.3) is 0 Å². The Kier molecular flexibility index (Phi) is 4.78. The molecule has 0 amide bonds. The fraction of sp³-hybridized carbons (Fsp3) is 0.154. The van der Waals surface area contributed by atoms with E-state index in [0.29, 0.717) is 0 Å². The van der Waals surface area contributed by atoms with E-state index in [1.807, 2.05) is 53.3 Å². The molecule has 0 spiro atoms. The van der Waals surface area contributed by atoms with Gasteiger partial charge in [0, 0.05) is 48.7 Å². The molecule has 0 bridgehead atoms. The molecule has 1 N–H and O–H groups in total. The average Bonchev–Trinajstić information content (AvgIpc) is 3.25. The van der Waals surface area contributed by atoms with Crippen molar-refractivity contribution < 1.29 is 0 Å². The van der Waals surface area contributed by atoms with Crippen LogP contribution < -0.4 is 10.2 Å². The Balaban J connectivity index is 1.56. The molecule has 1 aliphatic rings. The van der Waals surface area contributed by atoms with E-state index in [-0.39, 0.29) is 0 Å². The van der Waals surface area contributed by atoms with Crippen LogP contribution in [0.4, 0.5) is 5.69 Å². The third-order valence-corrected chi connectivity index (χ3v) is 6.40. The Labute approximate surface area is 191 Å². The van der Waals surface area contributed by atoms with Gasteiger partial charge in [-0.25, -0.2) is 4.68 Å². The number of nitrogens with zero attached hydrogens (tertiary/aromatic N) is 4. The van der Waals surface area contributed by atoms with Gasteiger partial charge in [-0.05, 0) is 30.3 Å². The van der Waals surface area contributed by atoms with Crippen LogP contribution in [-0.4, -0.2) is 40.9 Å². The van der Waals surface area contributed by atoms with Crippen molar-refractivity contribution in [3.05, 3.63) is 84.0 Å². The summed E-state index contributed by atoms with van der Waals surface area (Å²) in [5.74, 6) is 0. The van der Waals surface area contributed by atoms with Gasteiger partial charge in [-0.1, -0.05) is 54.1 Å². The maximum Gasteiger partial charge on any atom is 0.102 e. The quantitative estimate of drug-likeness (QED) is 0.414. The lowest BCUT2D eigenvalue weighted by Crippen LogP contribution is -2.43. The minimum Gasteiger partial charge on any atom is -0.368 e. The number of rotatable bonds is 3. The molecule has 3 heterocycles. The van der Waals surface area contributed by atoms with Crippen LogP contribution in [0.25, 0.3) is 38.8 Å². The molecule has 5 aromatic rings. The molecule has 2 aromatic heterocycles. The summed E-state index contributed by atoms with van der Waals surface area (Å²) in [5.41, 5.74) is 5.98.